The van der Waals surface area contributed by atoms with Crippen LogP contribution >= 0.6 is 15.9 Å². The van der Waals surface area contributed by atoms with Crippen molar-refractivity contribution in [3.8, 4) is 22.8 Å². The maximum Gasteiger partial charge on any atom is 0.258 e. The lowest BCUT2D eigenvalue weighted by Gasteiger charge is -2.14. The second kappa shape index (κ2) is 7.98. The fraction of sp³-hybridized carbons (Fsp3) is 0.286. The van der Waals surface area contributed by atoms with Crippen LogP contribution in [0.25, 0.3) is 33.9 Å². The number of hydrogen-bond donors (Lipinski definition) is 0. The molecule has 8 nitrogen and oxygen atoms in total. The zero-order valence-electron chi connectivity index (χ0n) is 16.2. The molecule has 1 aliphatic heterocycles. The number of benzene rings is 2. The van der Waals surface area contributed by atoms with Crippen molar-refractivity contribution in [2.24, 2.45) is 0 Å². The molecular formula is C21H19BrN6O2. The smallest absolute Gasteiger partial charge is 0.258 e. The fourth-order valence-electron chi connectivity index (χ4n) is 3.68. The van der Waals surface area contributed by atoms with Crippen LogP contribution in [0.3, 0.4) is 0 Å². The minimum atomic E-state index is 0.180. The van der Waals surface area contributed by atoms with Crippen LogP contribution in [0.4, 0.5) is 0 Å². The number of aryl methyl sites for hydroxylation is 1. The summed E-state index contributed by atoms with van der Waals surface area (Å²) in [5, 5.41) is 12.6. The van der Waals surface area contributed by atoms with Gasteiger partial charge in [-0.05, 0) is 49.2 Å². The summed E-state index contributed by atoms with van der Waals surface area (Å²) < 4.78 is 8.15. The normalized spacial score (nSPS) is 14.0. The van der Waals surface area contributed by atoms with E-state index in [0.29, 0.717) is 24.7 Å². The summed E-state index contributed by atoms with van der Waals surface area (Å²) in [6.07, 6.45) is 2.63. The largest absolute Gasteiger partial charge is 0.343 e. The van der Waals surface area contributed by atoms with Crippen molar-refractivity contribution in [1.82, 2.24) is 30.0 Å². The maximum absolute atomic E-state index is 12.3. The average molecular weight is 467 g/mol. The summed E-state index contributed by atoms with van der Waals surface area (Å²) in [5.74, 6) is 1.13. The topological polar surface area (TPSA) is 89.9 Å². The van der Waals surface area contributed by atoms with E-state index < -0.39 is 0 Å². The highest BCUT2D eigenvalue weighted by atomic mass is 79.9. The van der Waals surface area contributed by atoms with Crippen LogP contribution < -0.4 is 0 Å². The standard InChI is InChI=1S/C21H19BrN6O2/c22-16-5-3-4-15(12-16)21-23-20(25-30-21)14-6-7-18-17(13-14)24-26-28(18)11-8-19(29)27-9-1-2-10-27/h3-7,12-13H,1-2,8-11H2. The Morgan fingerprint density at radius 2 is 1.97 bits per heavy atom. The van der Waals surface area contributed by atoms with Gasteiger partial charge >= 0.3 is 0 Å². The number of aromatic nitrogens is 5. The number of halogens is 1. The summed E-state index contributed by atoms with van der Waals surface area (Å²) in [6, 6.07) is 13.4. The zero-order chi connectivity index (χ0) is 20.5. The molecule has 2 aromatic heterocycles. The Morgan fingerprint density at radius 3 is 2.80 bits per heavy atom. The second-order valence-electron chi connectivity index (χ2n) is 7.29. The van der Waals surface area contributed by atoms with Gasteiger partial charge in [0, 0.05) is 35.1 Å². The molecule has 0 saturated carbocycles. The number of carbonyl (C=O) groups is 1. The highest BCUT2D eigenvalue weighted by Gasteiger charge is 2.18. The Labute approximate surface area is 181 Å². The second-order valence-corrected chi connectivity index (χ2v) is 8.20. The van der Waals surface area contributed by atoms with Crippen LogP contribution in [0.1, 0.15) is 19.3 Å². The monoisotopic (exact) mass is 466 g/mol. The van der Waals surface area contributed by atoms with E-state index in [0.717, 1.165) is 52.6 Å². The Morgan fingerprint density at radius 1 is 1.10 bits per heavy atom. The van der Waals surface area contributed by atoms with Crippen molar-refractivity contribution in [2.75, 3.05) is 13.1 Å². The molecule has 30 heavy (non-hydrogen) atoms. The number of hydrogen-bond acceptors (Lipinski definition) is 6. The van der Waals surface area contributed by atoms with Crippen molar-refractivity contribution >= 4 is 32.9 Å². The molecule has 0 radical (unpaired) electrons. The average Bonchev–Trinajstić information content (AvgIpc) is 3.52. The number of amides is 1. The van der Waals surface area contributed by atoms with Crippen molar-refractivity contribution in [2.45, 2.75) is 25.8 Å². The van der Waals surface area contributed by atoms with Gasteiger partial charge in [0.15, 0.2) is 0 Å². The van der Waals surface area contributed by atoms with Crippen LogP contribution in [0, 0.1) is 0 Å². The molecule has 3 heterocycles. The van der Waals surface area contributed by atoms with Gasteiger partial charge in [0.05, 0.1) is 12.1 Å². The van der Waals surface area contributed by atoms with E-state index in [-0.39, 0.29) is 5.91 Å². The van der Waals surface area contributed by atoms with Crippen LogP contribution in [-0.4, -0.2) is 49.0 Å². The summed E-state index contributed by atoms with van der Waals surface area (Å²) in [6.45, 7) is 2.25. The number of carbonyl (C=O) groups excluding carboxylic acids is 1. The predicted octanol–water partition coefficient (Wildman–Crippen LogP) is 3.92. The molecule has 1 aliphatic rings. The van der Waals surface area contributed by atoms with E-state index in [1.54, 1.807) is 4.68 Å². The molecule has 4 aromatic rings. The first-order valence-corrected chi connectivity index (χ1v) is 10.7. The first kappa shape index (κ1) is 18.9. The van der Waals surface area contributed by atoms with Gasteiger partial charge in [-0.25, -0.2) is 4.68 Å². The molecular weight excluding hydrogens is 448 g/mol. The summed E-state index contributed by atoms with van der Waals surface area (Å²) in [5.41, 5.74) is 3.25. The summed E-state index contributed by atoms with van der Waals surface area (Å²) in [7, 11) is 0. The highest BCUT2D eigenvalue weighted by molar-refractivity contribution is 9.10. The molecule has 2 aromatic carbocycles. The van der Waals surface area contributed by atoms with Gasteiger partial charge in [0.2, 0.25) is 11.7 Å². The van der Waals surface area contributed by atoms with Crippen molar-refractivity contribution in [3.05, 3.63) is 46.9 Å². The zero-order valence-corrected chi connectivity index (χ0v) is 17.7. The molecule has 1 fully saturated rings. The predicted molar refractivity (Wildman–Crippen MR) is 114 cm³/mol. The maximum atomic E-state index is 12.3. The van der Waals surface area contributed by atoms with Gasteiger partial charge in [-0.15, -0.1) is 5.10 Å². The quantitative estimate of drug-likeness (QED) is 0.442. The first-order valence-electron chi connectivity index (χ1n) is 9.88. The number of fused-ring (bicyclic) bond motifs is 1. The SMILES string of the molecule is O=C(CCn1nnc2cc(-c3noc(-c4cccc(Br)c4)n3)ccc21)N1CCCC1. The van der Waals surface area contributed by atoms with Crippen molar-refractivity contribution in [3.63, 3.8) is 0 Å². The number of rotatable bonds is 5. The summed E-state index contributed by atoms with van der Waals surface area (Å²) >= 11 is 3.45. The Hall–Kier alpha value is -3.07. The van der Waals surface area contributed by atoms with Gasteiger partial charge in [0.25, 0.3) is 5.89 Å². The molecule has 152 valence electrons. The lowest BCUT2D eigenvalue weighted by atomic mass is 10.2. The fourth-order valence-corrected chi connectivity index (χ4v) is 4.08. The van der Waals surface area contributed by atoms with E-state index in [2.05, 4.69) is 36.4 Å². The molecule has 1 amide bonds. The van der Waals surface area contributed by atoms with Gasteiger partial charge in [-0.3, -0.25) is 4.79 Å². The first-order chi connectivity index (χ1) is 14.7. The summed E-state index contributed by atoms with van der Waals surface area (Å²) in [4.78, 5) is 18.7. The van der Waals surface area contributed by atoms with Crippen LogP contribution in [0.2, 0.25) is 0 Å². The highest BCUT2D eigenvalue weighted by Crippen LogP contribution is 2.26. The molecule has 5 rings (SSSR count). The van der Waals surface area contributed by atoms with E-state index >= 15 is 0 Å². The van der Waals surface area contributed by atoms with Gasteiger partial charge < -0.3 is 9.42 Å². The van der Waals surface area contributed by atoms with Gasteiger partial charge in [-0.1, -0.05) is 32.4 Å². The van der Waals surface area contributed by atoms with Crippen LogP contribution in [-0.2, 0) is 11.3 Å². The molecule has 1 saturated heterocycles. The van der Waals surface area contributed by atoms with E-state index in [1.807, 2.05) is 47.4 Å². The molecule has 0 atom stereocenters. The molecule has 0 unspecified atom stereocenters. The molecule has 0 bridgehead atoms. The Bertz CT molecular complexity index is 1210. The lowest BCUT2D eigenvalue weighted by Crippen LogP contribution is -2.28. The van der Waals surface area contributed by atoms with Crippen LogP contribution in [0.15, 0.2) is 51.5 Å². The van der Waals surface area contributed by atoms with Crippen molar-refractivity contribution < 1.29 is 9.32 Å². The van der Waals surface area contributed by atoms with E-state index in [1.165, 1.54) is 0 Å². The van der Waals surface area contributed by atoms with E-state index in [4.69, 9.17) is 4.52 Å². The van der Waals surface area contributed by atoms with Crippen molar-refractivity contribution in [1.29, 1.82) is 0 Å². The molecule has 9 heteroatoms. The number of nitrogens with zero attached hydrogens (tertiary/aromatic N) is 6. The van der Waals surface area contributed by atoms with Gasteiger partial charge in [0.1, 0.15) is 5.52 Å². The molecule has 0 N–H and O–H groups in total. The third-order valence-electron chi connectivity index (χ3n) is 5.27. The third kappa shape index (κ3) is 3.72. The third-order valence-corrected chi connectivity index (χ3v) is 5.76. The van der Waals surface area contributed by atoms with E-state index in [9.17, 15) is 4.79 Å². The molecule has 0 aliphatic carbocycles. The minimum Gasteiger partial charge on any atom is -0.343 e. The number of likely N-dealkylation sites (tertiary alicyclic amines) is 1. The van der Waals surface area contributed by atoms with Crippen LogP contribution in [0.5, 0.6) is 0 Å². The minimum absolute atomic E-state index is 0.180. The van der Waals surface area contributed by atoms with Gasteiger partial charge in [-0.2, -0.15) is 4.98 Å². The molecule has 0 spiro atoms. The Kier molecular flexibility index (Phi) is 5.04. The lowest BCUT2D eigenvalue weighted by molar-refractivity contribution is -0.130. The Balaban J connectivity index is 1.34.